The van der Waals surface area contributed by atoms with Crippen molar-refractivity contribution in [3.8, 4) is 11.5 Å². The van der Waals surface area contributed by atoms with E-state index >= 15 is 0 Å². The summed E-state index contributed by atoms with van der Waals surface area (Å²) >= 11 is 0. The SMILES string of the molecule is CCc1cc(C2(c3ccc(O)c(CC)c3)CCCCCC2)ccc1O. The number of phenolic OH excluding ortho intramolecular Hbond substituents is 2. The van der Waals surface area contributed by atoms with Gasteiger partial charge in [-0.2, -0.15) is 0 Å². The lowest BCUT2D eigenvalue weighted by atomic mass is 9.68. The number of aryl methyl sites for hydroxylation is 2. The first kappa shape index (κ1) is 17.8. The maximum atomic E-state index is 10.1. The molecule has 1 saturated carbocycles. The van der Waals surface area contributed by atoms with Crippen LogP contribution in [0.15, 0.2) is 36.4 Å². The monoisotopic (exact) mass is 338 g/mol. The Balaban J connectivity index is 2.16. The van der Waals surface area contributed by atoms with E-state index in [1.807, 2.05) is 12.1 Å². The summed E-state index contributed by atoms with van der Waals surface area (Å²) in [5.74, 6) is 0.796. The molecule has 0 saturated heterocycles. The van der Waals surface area contributed by atoms with Crippen molar-refractivity contribution < 1.29 is 10.2 Å². The van der Waals surface area contributed by atoms with E-state index in [0.29, 0.717) is 11.5 Å². The van der Waals surface area contributed by atoms with Crippen molar-refractivity contribution in [2.24, 2.45) is 0 Å². The third-order valence-electron chi connectivity index (χ3n) is 5.98. The van der Waals surface area contributed by atoms with E-state index in [-0.39, 0.29) is 5.41 Å². The molecule has 134 valence electrons. The molecule has 2 aromatic carbocycles. The highest BCUT2D eigenvalue weighted by molar-refractivity contribution is 5.48. The maximum Gasteiger partial charge on any atom is 0.118 e. The smallest absolute Gasteiger partial charge is 0.118 e. The molecule has 0 spiro atoms. The largest absolute Gasteiger partial charge is 0.508 e. The van der Waals surface area contributed by atoms with Gasteiger partial charge in [0.1, 0.15) is 11.5 Å². The van der Waals surface area contributed by atoms with Crippen LogP contribution in [0, 0.1) is 0 Å². The molecular formula is C23H30O2. The van der Waals surface area contributed by atoms with Gasteiger partial charge in [0.15, 0.2) is 0 Å². The molecule has 0 radical (unpaired) electrons. The number of phenols is 2. The van der Waals surface area contributed by atoms with E-state index in [9.17, 15) is 10.2 Å². The first-order valence-electron chi connectivity index (χ1n) is 9.75. The lowest BCUT2D eigenvalue weighted by Gasteiger charge is -2.35. The van der Waals surface area contributed by atoms with Gasteiger partial charge in [0.2, 0.25) is 0 Å². The highest BCUT2D eigenvalue weighted by Crippen LogP contribution is 2.45. The Labute approximate surface area is 151 Å². The van der Waals surface area contributed by atoms with Gasteiger partial charge in [-0.05, 0) is 60.1 Å². The van der Waals surface area contributed by atoms with Crippen LogP contribution in [0.25, 0.3) is 0 Å². The number of rotatable bonds is 4. The lowest BCUT2D eigenvalue weighted by Crippen LogP contribution is -2.27. The quantitative estimate of drug-likeness (QED) is 0.685. The normalized spacial score (nSPS) is 17.2. The summed E-state index contributed by atoms with van der Waals surface area (Å²) in [5.41, 5.74) is 4.67. The minimum atomic E-state index is -0.00819. The predicted octanol–water partition coefficient (Wildman–Crippen LogP) is 5.86. The van der Waals surface area contributed by atoms with Gasteiger partial charge in [-0.3, -0.25) is 0 Å². The van der Waals surface area contributed by atoms with Gasteiger partial charge in [-0.25, -0.2) is 0 Å². The minimum Gasteiger partial charge on any atom is -0.508 e. The van der Waals surface area contributed by atoms with Gasteiger partial charge in [-0.1, -0.05) is 63.8 Å². The third-order valence-corrected chi connectivity index (χ3v) is 5.98. The Morgan fingerprint density at radius 2 is 1.16 bits per heavy atom. The molecule has 0 atom stereocenters. The van der Waals surface area contributed by atoms with Crippen molar-refractivity contribution in [1.82, 2.24) is 0 Å². The molecule has 1 aliphatic rings. The molecule has 0 unspecified atom stereocenters. The highest BCUT2D eigenvalue weighted by Gasteiger charge is 2.35. The van der Waals surface area contributed by atoms with Crippen molar-refractivity contribution >= 4 is 0 Å². The van der Waals surface area contributed by atoms with E-state index in [2.05, 4.69) is 38.1 Å². The van der Waals surface area contributed by atoms with Crippen LogP contribution < -0.4 is 0 Å². The lowest BCUT2D eigenvalue weighted by molar-refractivity contribution is 0.436. The average Bonchev–Trinajstić information content (AvgIpc) is 2.89. The number of aromatic hydroxyl groups is 2. The molecule has 2 aromatic rings. The van der Waals surface area contributed by atoms with Crippen LogP contribution in [-0.4, -0.2) is 10.2 Å². The van der Waals surface area contributed by atoms with Crippen LogP contribution in [0.1, 0.15) is 74.6 Å². The molecule has 0 aliphatic heterocycles. The Morgan fingerprint density at radius 1 is 0.720 bits per heavy atom. The second-order valence-electron chi connectivity index (χ2n) is 7.39. The summed E-state index contributed by atoms with van der Waals surface area (Å²) in [5, 5.41) is 20.3. The van der Waals surface area contributed by atoms with E-state index < -0.39 is 0 Å². The average molecular weight is 338 g/mol. The van der Waals surface area contributed by atoms with Crippen LogP contribution in [0.4, 0.5) is 0 Å². The van der Waals surface area contributed by atoms with Crippen molar-refractivity contribution in [3.63, 3.8) is 0 Å². The molecular weight excluding hydrogens is 308 g/mol. The fraction of sp³-hybridized carbons (Fsp3) is 0.478. The number of hydrogen-bond acceptors (Lipinski definition) is 2. The topological polar surface area (TPSA) is 40.5 Å². The molecule has 1 aliphatic carbocycles. The van der Waals surface area contributed by atoms with Crippen molar-refractivity contribution in [2.75, 3.05) is 0 Å². The maximum absolute atomic E-state index is 10.1. The summed E-state index contributed by atoms with van der Waals surface area (Å²) in [6.07, 6.45) is 8.98. The standard InChI is InChI=1S/C23H30O2/c1-3-17-15-19(9-11-21(17)24)23(13-7-5-6-8-14-23)20-10-12-22(25)18(4-2)16-20/h9-12,15-16,24-25H,3-8,13-14H2,1-2H3. The zero-order chi connectivity index (χ0) is 17.9. The van der Waals surface area contributed by atoms with Crippen molar-refractivity contribution in [1.29, 1.82) is 0 Å². The van der Waals surface area contributed by atoms with E-state index in [1.54, 1.807) is 0 Å². The molecule has 0 bridgehead atoms. The Kier molecular flexibility index (Phi) is 5.36. The Bertz CT molecular complexity index is 669. The number of benzene rings is 2. The van der Waals surface area contributed by atoms with Crippen LogP contribution in [0.5, 0.6) is 11.5 Å². The summed E-state index contributed by atoms with van der Waals surface area (Å²) in [6.45, 7) is 4.18. The van der Waals surface area contributed by atoms with Gasteiger partial charge < -0.3 is 10.2 Å². The van der Waals surface area contributed by atoms with E-state index in [4.69, 9.17) is 0 Å². The van der Waals surface area contributed by atoms with Crippen molar-refractivity contribution in [2.45, 2.75) is 70.6 Å². The second kappa shape index (κ2) is 7.51. The summed E-state index contributed by atoms with van der Waals surface area (Å²) in [7, 11) is 0. The fourth-order valence-corrected chi connectivity index (χ4v) is 4.41. The molecule has 2 heteroatoms. The van der Waals surface area contributed by atoms with Gasteiger partial charge in [0, 0.05) is 5.41 Å². The van der Waals surface area contributed by atoms with Gasteiger partial charge in [0.25, 0.3) is 0 Å². The molecule has 0 heterocycles. The summed E-state index contributed by atoms with van der Waals surface area (Å²) < 4.78 is 0. The highest BCUT2D eigenvalue weighted by atomic mass is 16.3. The van der Waals surface area contributed by atoms with Crippen LogP contribution >= 0.6 is 0 Å². The third kappa shape index (κ3) is 3.40. The van der Waals surface area contributed by atoms with Gasteiger partial charge in [-0.15, -0.1) is 0 Å². The predicted molar refractivity (Wildman–Crippen MR) is 103 cm³/mol. The molecule has 2 N–H and O–H groups in total. The van der Waals surface area contributed by atoms with Gasteiger partial charge >= 0.3 is 0 Å². The van der Waals surface area contributed by atoms with Gasteiger partial charge in [0.05, 0.1) is 0 Å². The fourth-order valence-electron chi connectivity index (χ4n) is 4.41. The summed E-state index contributed by atoms with van der Waals surface area (Å²) in [4.78, 5) is 0. The molecule has 2 nitrogen and oxygen atoms in total. The molecule has 3 rings (SSSR count). The van der Waals surface area contributed by atoms with Crippen LogP contribution in [0.2, 0.25) is 0 Å². The molecule has 0 aromatic heterocycles. The van der Waals surface area contributed by atoms with E-state index in [1.165, 1.54) is 36.8 Å². The zero-order valence-electron chi connectivity index (χ0n) is 15.5. The van der Waals surface area contributed by atoms with Crippen LogP contribution in [-0.2, 0) is 18.3 Å². The Hall–Kier alpha value is -1.96. The summed E-state index contributed by atoms with van der Waals surface area (Å²) in [6, 6.07) is 12.4. The van der Waals surface area contributed by atoms with Crippen LogP contribution in [0.3, 0.4) is 0 Å². The first-order chi connectivity index (χ1) is 12.1. The molecule has 1 fully saturated rings. The first-order valence-corrected chi connectivity index (χ1v) is 9.75. The zero-order valence-corrected chi connectivity index (χ0v) is 15.5. The number of hydrogen-bond donors (Lipinski definition) is 2. The Morgan fingerprint density at radius 3 is 1.56 bits per heavy atom. The second-order valence-corrected chi connectivity index (χ2v) is 7.39. The molecule has 25 heavy (non-hydrogen) atoms. The molecule has 0 amide bonds. The van der Waals surface area contributed by atoms with E-state index in [0.717, 1.165) is 36.8 Å². The van der Waals surface area contributed by atoms with Crippen molar-refractivity contribution in [3.05, 3.63) is 58.7 Å². The minimum absolute atomic E-state index is 0.00819.